The maximum Gasteiger partial charge on any atom is 0.264 e. The van der Waals surface area contributed by atoms with Crippen LogP contribution < -0.4 is 9.62 Å². The molecule has 0 aliphatic carbocycles. The predicted octanol–water partition coefficient (Wildman–Crippen LogP) is 4.23. The number of halogens is 2. The first-order valence-electron chi connectivity index (χ1n) is 8.65. The number of carbonyl (C=O) groups is 1. The van der Waals surface area contributed by atoms with Gasteiger partial charge in [0, 0.05) is 13.6 Å². The molecule has 8 heteroatoms. The van der Waals surface area contributed by atoms with Crippen molar-refractivity contribution in [1.29, 1.82) is 0 Å². The predicted molar refractivity (Wildman–Crippen MR) is 111 cm³/mol. The zero-order valence-electron chi connectivity index (χ0n) is 15.5. The van der Waals surface area contributed by atoms with Crippen LogP contribution in [-0.4, -0.2) is 21.4 Å². The summed E-state index contributed by atoms with van der Waals surface area (Å²) in [6.07, 6.45) is 0. The summed E-state index contributed by atoms with van der Waals surface area (Å²) in [6, 6.07) is 18.3. The van der Waals surface area contributed by atoms with E-state index in [9.17, 15) is 17.6 Å². The van der Waals surface area contributed by atoms with Crippen LogP contribution in [-0.2, 0) is 16.6 Å². The minimum absolute atomic E-state index is 0.0520. The molecule has 0 spiro atoms. The topological polar surface area (TPSA) is 66.5 Å². The summed E-state index contributed by atoms with van der Waals surface area (Å²) < 4.78 is 40.0. The lowest BCUT2D eigenvalue weighted by Gasteiger charge is -2.20. The highest BCUT2D eigenvalue weighted by atomic mass is 35.5. The molecule has 0 bridgehead atoms. The molecule has 0 aliphatic heterocycles. The first-order chi connectivity index (χ1) is 13.8. The molecule has 3 aromatic carbocycles. The summed E-state index contributed by atoms with van der Waals surface area (Å²) in [5.74, 6) is -0.955. The number of benzene rings is 3. The maximum atomic E-state index is 13.1. The van der Waals surface area contributed by atoms with Crippen molar-refractivity contribution < 1.29 is 17.6 Å². The van der Waals surface area contributed by atoms with E-state index in [-0.39, 0.29) is 27.7 Å². The van der Waals surface area contributed by atoms with Crippen molar-refractivity contribution in [1.82, 2.24) is 5.32 Å². The van der Waals surface area contributed by atoms with E-state index in [1.807, 2.05) is 30.3 Å². The number of rotatable bonds is 6. The highest BCUT2D eigenvalue weighted by Crippen LogP contribution is 2.26. The van der Waals surface area contributed by atoms with E-state index in [1.54, 1.807) is 0 Å². The van der Waals surface area contributed by atoms with Gasteiger partial charge in [-0.1, -0.05) is 41.9 Å². The number of anilines is 1. The third-order valence-electron chi connectivity index (χ3n) is 4.33. The SMILES string of the molecule is CN(c1ccc(F)cc1)S(=O)(=O)c1ccc(Cl)c(C(=O)NCc2ccccc2)c1. The summed E-state index contributed by atoms with van der Waals surface area (Å²) >= 11 is 6.13. The molecular weight excluding hydrogens is 415 g/mol. The van der Waals surface area contributed by atoms with Crippen LogP contribution in [0.25, 0.3) is 0 Å². The fourth-order valence-corrected chi connectivity index (χ4v) is 4.09. The third kappa shape index (κ3) is 4.75. The number of carbonyl (C=O) groups excluding carboxylic acids is 1. The molecule has 5 nitrogen and oxygen atoms in total. The Morgan fingerprint density at radius 1 is 1.03 bits per heavy atom. The van der Waals surface area contributed by atoms with Gasteiger partial charge in [-0.25, -0.2) is 12.8 Å². The van der Waals surface area contributed by atoms with Gasteiger partial charge < -0.3 is 5.32 Å². The number of amides is 1. The lowest BCUT2D eigenvalue weighted by atomic mass is 10.2. The van der Waals surface area contributed by atoms with Crippen molar-refractivity contribution in [2.24, 2.45) is 0 Å². The van der Waals surface area contributed by atoms with Gasteiger partial charge in [0.2, 0.25) is 0 Å². The lowest BCUT2D eigenvalue weighted by molar-refractivity contribution is 0.0951. The molecule has 0 saturated heterocycles. The Hall–Kier alpha value is -2.90. The van der Waals surface area contributed by atoms with Gasteiger partial charge in [-0.2, -0.15) is 0 Å². The van der Waals surface area contributed by atoms with Crippen molar-refractivity contribution in [3.8, 4) is 0 Å². The van der Waals surface area contributed by atoms with E-state index in [4.69, 9.17) is 11.6 Å². The Bertz CT molecular complexity index is 1120. The summed E-state index contributed by atoms with van der Waals surface area (Å²) in [7, 11) is -2.62. The third-order valence-corrected chi connectivity index (χ3v) is 6.44. The second-order valence-electron chi connectivity index (χ2n) is 6.26. The Kier molecular flexibility index (Phi) is 6.20. The Labute approximate surface area is 173 Å². The molecular formula is C21H18ClFN2O3S. The zero-order chi connectivity index (χ0) is 21.0. The normalized spacial score (nSPS) is 11.1. The average Bonchev–Trinajstić information content (AvgIpc) is 2.73. The van der Waals surface area contributed by atoms with E-state index < -0.39 is 21.7 Å². The first-order valence-corrected chi connectivity index (χ1v) is 10.5. The molecule has 0 atom stereocenters. The van der Waals surface area contributed by atoms with Crippen LogP contribution >= 0.6 is 11.6 Å². The second-order valence-corrected chi connectivity index (χ2v) is 8.64. The summed E-state index contributed by atoms with van der Waals surface area (Å²) in [4.78, 5) is 12.5. The number of hydrogen-bond donors (Lipinski definition) is 1. The molecule has 3 aromatic rings. The molecule has 0 saturated carbocycles. The zero-order valence-corrected chi connectivity index (χ0v) is 17.0. The summed E-state index contributed by atoms with van der Waals surface area (Å²) in [5.41, 5.74) is 1.24. The van der Waals surface area contributed by atoms with Crippen molar-refractivity contribution in [2.45, 2.75) is 11.4 Å². The van der Waals surface area contributed by atoms with E-state index in [0.717, 1.165) is 9.87 Å². The standard InChI is InChI=1S/C21H18ClFN2O3S/c1-25(17-9-7-16(23)8-10-17)29(27,28)18-11-12-20(22)19(13-18)21(26)24-14-15-5-3-2-4-6-15/h2-13H,14H2,1H3,(H,24,26). The van der Waals surface area contributed by atoms with Crippen molar-refractivity contribution >= 4 is 33.2 Å². The molecule has 3 rings (SSSR count). The quantitative estimate of drug-likeness (QED) is 0.633. The minimum atomic E-state index is -3.97. The van der Waals surface area contributed by atoms with E-state index in [2.05, 4.69) is 5.32 Å². The van der Waals surface area contributed by atoms with Crippen LogP contribution in [0.5, 0.6) is 0 Å². The van der Waals surface area contributed by atoms with Crippen LogP contribution in [0, 0.1) is 5.82 Å². The monoisotopic (exact) mass is 432 g/mol. The Morgan fingerprint density at radius 2 is 1.69 bits per heavy atom. The Balaban J connectivity index is 1.85. The summed E-state index contributed by atoms with van der Waals surface area (Å²) in [6.45, 7) is 0.280. The van der Waals surface area contributed by atoms with Gasteiger partial charge in [0.05, 0.1) is 21.2 Å². The molecule has 0 aliphatic rings. The molecule has 150 valence electrons. The second kappa shape index (κ2) is 8.63. The molecule has 1 amide bonds. The van der Waals surface area contributed by atoms with Crippen LogP contribution in [0.15, 0.2) is 77.7 Å². The number of nitrogens with zero attached hydrogens (tertiary/aromatic N) is 1. The molecule has 29 heavy (non-hydrogen) atoms. The van der Waals surface area contributed by atoms with Crippen LogP contribution in [0.3, 0.4) is 0 Å². The maximum absolute atomic E-state index is 13.1. The van der Waals surface area contributed by atoms with Crippen LogP contribution in [0.2, 0.25) is 5.02 Å². The fourth-order valence-electron chi connectivity index (χ4n) is 2.66. The fraction of sp³-hybridized carbons (Fsp3) is 0.0952. The van der Waals surface area contributed by atoms with Gasteiger partial charge in [0.25, 0.3) is 15.9 Å². The molecule has 0 heterocycles. The molecule has 0 unspecified atom stereocenters. The highest BCUT2D eigenvalue weighted by Gasteiger charge is 2.23. The lowest BCUT2D eigenvalue weighted by Crippen LogP contribution is -2.27. The smallest absolute Gasteiger partial charge is 0.264 e. The highest BCUT2D eigenvalue weighted by molar-refractivity contribution is 7.92. The average molecular weight is 433 g/mol. The molecule has 0 radical (unpaired) electrons. The molecule has 1 N–H and O–H groups in total. The van der Waals surface area contributed by atoms with Crippen LogP contribution in [0.4, 0.5) is 10.1 Å². The largest absolute Gasteiger partial charge is 0.348 e. The Morgan fingerprint density at radius 3 is 2.34 bits per heavy atom. The van der Waals surface area contributed by atoms with Gasteiger partial charge in [0.15, 0.2) is 0 Å². The van der Waals surface area contributed by atoms with Crippen LogP contribution in [0.1, 0.15) is 15.9 Å². The van der Waals surface area contributed by atoms with Gasteiger partial charge >= 0.3 is 0 Å². The first kappa shape index (κ1) is 20.8. The number of hydrogen-bond acceptors (Lipinski definition) is 3. The number of nitrogens with one attached hydrogen (secondary N) is 1. The van der Waals surface area contributed by atoms with Gasteiger partial charge in [0.1, 0.15) is 5.82 Å². The molecule has 0 aromatic heterocycles. The van der Waals surface area contributed by atoms with E-state index in [0.29, 0.717) is 0 Å². The van der Waals surface area contributed by atoms with E-state index >= 15 is 0 Å². The van der Waals surface area contributed by atoms with Crippen molar-refractivity contribution in [3.63, 3.8) is 0 Å². The minimum Gasteiger partial charge on any atom is -0.348 e. The van der Waals surface area contributed by atoms with Gasteiger partial charge in [-0.15, -0.1) is 0 Å². The van der Waals surface area contributed by atoms with Gasteiger partial charge in [-0.3, -0.25) is 9.10 Å². The number of sulfonamides is 1. The van der Waals surface area contributed by atoms with Crippen molar-refractivity contribution in [3.05, 3.63) is 94.8 Å². The van der Waals surface area contributed by atoms with Gasteiger partial charge in [-0.05, 0) is 48.0 Å². The summed E-state index contributed by atoms with van der Waals surface area (Å²) in [5, 5.41) is 2.87. The van der Waals surface area contributed by atoms with E-state index in [1.165, 1.54) is 49.5 Å². The molecule has 0 fully saturated rings. The van der Waals surface area contributed by atoms with Crippen molar-refractivity contribution in [2.75, 3.05) is 11.4 Å².